The van der Waals surface area contributed by atoms with Gasteiger partial charge in [-0.15, -0.1) is 11.8 Å². The van der Waals surface area contributed by atoms with Crippen molar-refractivity contribution in [2.75, 3.05) is 5.75 Å². The first-order chi connectivity index (χ1) is 9.63. The van der Waals surface area contributed by atoms with Gasteiger partial charge in [-0.25, -0.2) is 4.39 Å². The number of fused-ring (bicyclic) bond motifs is 1. The summed E-state index contributed by atoms with van der Waals surface area (Å²) in [6.45, 7) is 0. The molecule has 4 heteroatoms. The molecule has 0 saturated heterocycles. The number of thioether (sulfide) groups is 1. The number of hydrogen-bond acceptors (Lipinski definition) is 2. The van der Waals surface area contributed by atoms with Crippen molar-refractivity contribution >= 4 is 35.2 Å². The molecule has 0 N–H and O–H groups in total. The van der Waals surface area contributed by atoms with Gasteiger partial charge in [0, 0.05) is 26.8 Å². The van der Waals surface area contributed by atoms with Crippen molar-refractivity contribution in [3.63, 3.8) is 0 Å². The summed E-state index contributed by atoms with van der Waals surface area (Å²) in [5.74, 6) is 0.324. The Bertz CT molecular complexity index is 707. The maximum absolute atomic E-state index is 12.9. The predicted octanol–water partition coefficient (Wildman–Crippen LogP) is 4.85. The van der Waals surface area contributed by atoms with Crippen molar-refractivity contribution in [3.8, 4) is 0 Å². The van der Waals surface area contributed by atoms with Crippen LogP contribution in [0.15, 0.2) is 52.9 Å². The van der Waals surface area contributed by atoms with E-state index in [0.717, 1.165) is 10.5 Å². The molecule has 1 nitrogen and oxygen atoms in total. The number of carbonyl (C=O) groups excluding carboxylic acids is 1. The smallest absolute Gasteiger partial charge is 0.191 e. The van der Waals surface area contributed by atoms with E-state index >= 15 is 0 Å². The molecule has 0 bridgehead atoms. The van der Waals surface area contributed by atoms with E-state index in [9.17, 15) is 9.18 Å². The third-order valence-corrected chi connectivity index (χ3v) is 4.43. The minimum Gasteiger partial charge on any atom is -0.289 e. The molecule has 2 aromatic rings. The van der Waals surface area contributed by atoms with E-state index in [4.69, 9.17) is 11.6 Å². The molecule has 0 fully saturated rings. The van der Waals surface area contributed by atoms with Gasteiger partial charge in [0.15, 0.2) is 5.78 Å². The van der Waals surface area contributed by atoms with Crippen LogP contribution in [-0.4, -0.2) is 11.5 Å². The molecule has 0 spiro atoms. The highest BCUT2D eigenvalue weighted by molar-refractivity contribution is 7.99. The molecule has 0 atom stereocenters. The summed E-state index contributed by atoms with van der Waals surface area (Å²) < 4.78 is 12.9. The Morgan fingerprint density at radius 3 is 2.65 bits per heavy atom. The zero-order chi connectivity index (χ0) is 14.1. The van der Waals surface area contributed by atoms with Crippen LogP contribution in [0, 0.1) is 5.82 Å². The molecule has 20 heavy (non-hydrogen) atoms. The second-order valence-corrected chi connectivity index (χ2v) is 5.93. The Morgan fingerprint density at radius 1 is 1.15 bits per heavy atom. The monoisotopic (exact) mass is 304 g/mol. The number of carbonyl (C=O) groups is 1. The van der Waals surface area contributed by atoms with Gasteiger partial charge < -0.3 is 0 Å². The molecule has 1 aliphatic rings. The summed E-state index contributed by atoms with van der Waals surface area (Å²) in [6, 6.07) is 11.4. The van der Waals surface area contributed by atoms with Crippen molar-refractivity contribution < 1.29 is 9.18 Å². The lowest BCUT2D eigenvalue weighted by molar-refractivity contribution is 0.103. The summed E-state index contributed by atoms with van der Waals surface area (Å²) in [6.07, 6.45) is 1.80. The van der Waals surface area contributed by atoms with Gasteiger partial charge in [-0.05, 0) is 42.0 Å². The normalized spacial score (nSPS) is 16.3. The maximum Gasteiger partial charge on any atom is 0.191 e. The highest BCUT2D eigenvalue weighted by Crippen LogP contribution is 2.34. The first kappa shape index (κ1) is 13.4. The second-order valence-electron chi connectivity index (χ2n) is 4.48. The lowest BCUT2D eigenvalue weighted by atomic mass is 10.0. The van der Waals surface area contributed by atoms with Gasteiger partial charge in [0.1, 0.15) is 5.82 Å². The molecule has 0 amide bonds. The van der Waals surface area contributed by atoms with Crippen LogP contribution in [0.3, 0.4) is 0 Å². The lowest BCUT2D eigenvalue weighted by Gasteiger charge is -2.17. The zero-order valence-corrected chi connectivity index (χ0v) is 12.0. The average molecular weight is 305 g/mol. The fourth-order valence-electron chi connectivity index (χ4n) is 2.07. The van der Waals surface area contributed by atoms with E-state index < -0.39 is 0 Å². The van der Waals surface area contributed by atoms with Crippen LogP contribution in [0.2, 0.25) is 5.02 Å². The van der Waals surface area contributed by atoms with E-state index in [2.05, 4.69) is 0 Å². The fourth-order valence-corrected chi connectivity index (χ4v) is 3.24. The Morgan fingerprint density at radius 2 is 1.90 bits per heavy atom. The Labute approximate surface area is 125 Å². The number of halogens is 2. The standard InChI is InChI=1S/C16H10ClFOS/c17-12-3-6-15-14(8-12)16(19)11(9-20-15)7-10-1-4-13(18)5-2-10/h1-8H,9H2. The third-order valence-electron chi connectivity index (χ3n) is 3.07. The van der Waals surface area contributed by atoms with E-state index in [1.165, 1.54) is 12.1 Å². The lowest BCUT2D eigenvalue weighted by Crippen LogP contribution is -2.12. The first-order valence-corrected chi connectivity index (χ1v) is 7.43. The summed E-state index contributed by atoms with van der Waals surface area (Å²) in [5.41, 5.74) is 2.17. The Kier molecular flexibility index (Phi) is 3.64. The quantitative estimate of drug-likeness (QED) is 0.700. The van der Waals surface area contributed by atoms with E-state index in [1.54, 1.807) is 42.1 Å². The second kappa shape index (κ2) is 5.43. The number of hydrogen-bond donors (Lipinski definition) is 0. The molecule has 0 aromatic heterocycles. The number of Topliss-reactive ketones (excluding diaryl/α,β-unsaturated/α-hetero) is 1. The topological polar surface area (TPSA) is 17.1 Å². The first-order valence-electron chi connectivity index (χ1n) is 6.07. The molecule has 1 heterocycles. The Balaban J connectivity index is 1.97. The summed E-state index contributed by atoms with van der Waals surface area (Å²) in [4.78, 5) is 13.4. The van der Waals surface area contributed by atoms with Gasteiger partial charge in [0.25, 0.3) is 0 Å². The maximum atomic E-state index is 12.9. The minimum atomic E-state index is -0.284. The molecule has 100 valence electrons. The number of benzene rings is 2. The molecule has 0 aliphatic carbocycles. The third kappa shape index (κ3) is 2.65. The van der Waals surface area contributed by atoms with E-state index in [0.29, 0.717) is 21.9 Å². The number of rotatable bonds is 1. The van der Waals surface area contributed by atoms with Crippen LogP contribution < -0.4 is 0 Å². The van der Waals surface area contributed by atoms with Crippen LogP contribution in [0.1, 0.15) is 15.9 Å². The fraction of sp³-hybridized carbons (Fsp3) is 0.0625. The molecular weight excluding hydrogens is 295 g/mol. The SMILES string of the molecule is O=C1C(=Cc2ccc(F)cc2)CSc2ccc(Cl)cc21. The van der Waals surface area contributed by atoms with Gasteiger partial charge >= 0.3 is 0 Å². The Hall–Kier alpha value is -1.58. The molecule has 3 rings (SSSR count). The summed E-state index contributed by atoms with van der Waals surface area (Å²) in [5, 5.41) is 0.556. The molecule has 0 radical (unpaired) electrons. The van der Waals surface area contributed by atoms with Crippen LogP contribution in [0.5, 0.6) is 0 Å². The van der Waals surface area contributed by atoms with E-state index in [-0.39, 0.29) is 11.6 Å². The van der Waals surface area contributed by atoms with Gasteiger partial charge in [-0.2, -0.15) is 0 Å². The van der Waals surface area contributed by atoms with Crippen LogP contribution >= 0.6 is 23.4 Å². The van der Waals surface area contributed by atoms with Crippen LogP contribution in [0.4, 0.5) is 4.39 Å². The van der Waals surface area contributed by atoms with Gasteiger partial charge in [-0.1, -0.05) is 23.7 Å². The van der Waals surface area contributed by atoms with Crippen LogP contribution in [0.25, 0.3) is 6.08 Å². The average Bonchev–Trinajstić information content (AvgIpc) is 2.45. The minimum absolute atomic E-state index is 0.00873. The van der Waals surface area contributed by atoms with Crippen molar-refractivity contribution in [3.05, 3.63) is 70.0 Å². The largest absolute Gasteiger partial charge is 0.289 e. The van der Waals surface area contributed by atoms with Crippen molar-refractivity contribution in [1.29, 1.82) is 0 Å². The van der Waals surface area contributed by atoms with Crippen molar-refractivity contribution in [2.45, 2.75) is 4.90 Å². The molecule has 0 unspecified atom stereocenters. The zero-order valence-electron chi connectivity index (χ0n) is 10.4. The number of ketones is 1. The van der Waals surface area contributed by atoms with Gasteiger partial charge in [0.2, 0.25) is 0 Å². The van der Waals surface area contributed by atoms with Crippen LogP contribution in [-0.2, 0) is 0 Å². The summed E-state index contributed by atoms with van der Waals surface area (Å²) >= 11 is 7.55. The highest BCUT2D eigenvalue weighted by atomic mass is 35.5. The summed E-state index contributed by atoms with van der Waals surface area (Å²) in [7, 11) is 0. The predicted molar refractivity (Wildman–Crippen MR) is 80.9 cm³/mol. The van der Waals surface area contributed by atoms with Gasteiger partial charge in [0.05, 0.1) is 0 Å². The molecule has 0 saturated carbocycles. The highest BCUT2D eigenvalue weighted by Gasteiger charge is 2.22. The molecular formula is C16H10ClFOS. The molecule has 1 aliphatic heterocycles. The van der Waals surface area contributed by atoms with Gasteiger partial charge in [-0.3, -0.25) is 4.79 Å². The van der Waals surface area contributed by atoms with Crippen molar-refractivity contribution in [1.82, 2.24) is 0 Å². The van der Waals surface area contributed by atoms with E-state index in [1.807, 2.05) is 6.07 Å². The van der Waals surface area contributed by atoms with Crippen molar-refractivity contribution in [2.24, 2.45) is 0 Å². The molecule has 2 aromatic carbocycles.